The summed E-state index contributed by atoms with van der Waals surface area (Å²) in [7, 11) is 0. The SMILES string of the molecule is c1ccc(-c2ccc(-c3ccc(N(c4ccc(-c5ccccc5)cc4)c4cccc5oc6cc7nc(-c8ccccc8)oc7cc6c45)cc3)cc2)cc1. The molecule has 0 bridgehead atoms. The maximum Gasteiger partial charge on any atom is 0.227 e. The molecule has 0 atom stereocenters. The Morgan fingerprint density at radius 1 is 0.358 bits per heavy atom. The Bertz CT molecular complexity index is 2840. The molecule has 0 fully saturated rings. The van der Waals surface area contributed by atoms with Gasteiger partial charge in [0.05, 0.1) is 11.1 Å². The molecule has 0 aliphatic heterocycles. The molecule has 0 amide bonds. The van der Waals surface area contributed by atoms with E-state index >= 15 is 0 Å². The Morgan fingerprint density at radius 3 is 1.36 bits per heavy atom. The summed E-state index contributed by atoms with van der Waals surface area (Å²) in [6.07, 6.45) is 0. The van der Waals surface area contributed by atoms with Crippen LogP contribution in [0.2, 0.25) is 0 Å². The summed E-state index contributed by atoms with van der Waals surface area (Å²) in [6, 6.07) is 67.6. The summed E-state index contributed by atoms with van der Waals surface area (Å²) in [6.45, 7) is 0. The van der Waals surface area contributed by atoms with Crippen LogP contribution in [0.25, 0.3) is 77.9 Å². The molecule has 2 heterocycles. The fraction of sp³-hybridized carbons (Fsp3) is 0. The van der Waals surface area contributed by atoms with Crippen molar-refractivity contribution in [2.45, 2.75) is 0 Å². The third-order valence-electron chi connectivity index (χ3n) is 9.93. The van der Waals surface area contributed by atoms with Gasteiger partial charge in [-0.1, -0.05) is 133 Å². The molecule has 0 saturated carbocycles. The van der Waals surface area contributed by atoms with Gasteiger partial charge in [0.15, 0.2) is 5.58 Å². The van der Waals surface area contributed by atoms with Crippen molar-refractivity contribution in [2.75, 3.05) is 4.90 Å². The first-order valence-corrected chi connectivity index (χ1v) is 17.8. The van der Waals surface area contributed by atoms with Crippen LogP contribution in [0.3, 0.4) is 0 Å². The lowest BCUT2D eigenvalue weighted by molar-refractivity contribution is 0.620. The number of oxazole rings is 1. The van der Waals surface area contributed by atoms with E-state index in [-0.39, 0.29) is 0 Å². The smallest absolute Gasteiger partial charge is 0.227 e. The minimum atomic E-state index is 0.590. The van der Waals surface area contributed by atoms with Crippen LogP contribution in [-0.4, -0.2) is 4.98 Å². The van der Waals surface area contributed by atoms with Crippen LogP contribution in [-0.2, 0) is 0 Å². The predicted molar refractivity (Wildman–Crippen MR) is 218 cm³/mol. The van der Waals surface area contributed by atoms with Crippen molar-refractivity contribution < 1.29 is 8.83 Å². The van der Waals surface area contributed by atoms with Crippen LogP contribution >= 0.6 is 0 Å². The third kappa shape index (κ3) is 5.63. The first-order valence-electron chi connectivity index (χ1n) is 17.8. The average molecular weight is 681 g/mol. The fourth-order valence-electron chi connectivity index (χ4n) is 7.27. The van der Waals surface area contributed by atoms with Gasteiger partial charge in [-0.15, -0.1) is 0 Å². The summed E-state index contributed by atoms with van der Waals surface area (Å²) in [5, 5.41) is 1.98. The van der Waals surface area contributed by atoms with E-state index in [2.05, 4.69) is 144 Å². The zero-order valence-corrected chi connectivity index (χ0v) is 28.7. The van der Waals surface area contributed by atoms with E-state index in [0.29, 0.717) is 5.89 Å². The number of aromatic nitrogens is 1. The predicted octanol–water partition coefficient (Wildman–Crippen LogP) is 13.9. The highest BCUT2D eigenvalue weighted by Gasteiger charge is 2.21. The van der Waals surface area contributed by atoms with Crippen LogP contribution < -0.4 is 4.90 Å². The molecule has 10 rings (SSSR count). The molecule has 2 aromatic heterocycles. The van der Waals surface area contributed by atoms with Crippen molar-refractivity contribution in [3.8, 4) is 44.8 Å². The zero-order valence-electron chi connectivity index (χ0n) is 28.7. The van der Waals surface area contributed by atoms with Gasteiger partial charge in [0.1, 0.15) is 16.7 Å². The molecule has 10 aromatic rings. The Labute approximate surface area is 306 Å². The van der Waals surface area contributed by atoms with Gasteiger partial charge in [0, 0.05) is 28.4 Å². The normalized spacial score (nSPS) is 11.4. The number of nitrogens with zero attached hydrogens (tertiary/aromatic N) is 2. The number of hydrogen-bond donors (Lipinski definition) is 0. The van der Waals surface area contributed by atoms with Crippen molar-refractivity contribution >= 4 is 50.1 Å². The zero-order chi connectivity index (χ0) is 35.1. The molecule has 0 unspecified atom stereocenters. The first kappa shape index (κ1) is 30.6. The van der Waals surface area contributed by atoms with E-state index < -0.39 is 0 Å². The second-order valence-corrected chi connectivity index (χ2v) is 13.2. The highest BCUT2D eigenvalue weighted by Crippen LogP contribution is 2.44. The van der Waals surface area contributed by atoms with Crippen LogP contribution in [0.5, 0.6) is 0 Å². The minimum absolute atomic E-state index is 0.590. The maximum absolute atomic E-state index is 6.53. The molecule has 0 radical (unpaired) electrons. The second-order valence-electron chi connectivity index (χ2n) is 13.2. The van der Waals surface area contributed by atoms with E-state index in [0.717, 1.165) is 66.8 Å². The van der Waals surface area contributed by atoms with E-state index in [1.54, 1.807) is 0 Å². The van der Waals surface area contributed by atoms with E-state index in [1.165, 1.54) is 22.3 Å². The summed E-state index contributed by atoms with van der Waals surface area (Å²) < 4.78 is 12.9. The Morgan fingerprint density at radius 2 is 0.830 bits per heavy atom. The third-order valence-corrected chi connectivity index (χ3v) is 9.93. The van der Waals surface area contributed by atoms with Crippen LogP contribution in [0.1, 0.15) is 0 Å². The van der Waals surface area contributed by atoms with Gasteiger partial charge in [0.25, 0.3) is 0 Å². The van der Waals surface area contributed by atoms with Crippen molar-refractivity contribution in [3.05, 3.63) is 194 Å². The number of anilines is 3. The molecular weight excluding hydrogens is 649 g/mol. The topological polar surface area (TPSA) is 42.4 Å². The molecular formula is C49H32N2O2. The van der Waals surface area contributed by atoms with Gasteiger partial charge >= 0.3 is 0 Å². The molecule has 53 heavy (non-hydrogen) atoms. The van der Waals surface area contributed by atoms with Gasteiger partial charge in [-0.2, -0.15) is 0 Å². The lowest BCUT2D eigenvalue weighted by Gasteiger charge is -2.26. The standard InChI is InChI=1S/C49H32N2O2/c1-4-11-33(12-5-1)35-19-21-36(22-20-35)38-25-29-41(30-26-38)51(40-27-23-37(24-28-40)34-13-6-2-7-14-34)44-17-10-18-45-48(44)42-31-47-43(32-46(42)52-45)50-49(53-47)39-15-8-3-9-16-39/h1-32H. The van der Waals surface area contributed by atoms with Crippen LogP contribution in [0, 0.1) is 0 Å². The van der Waals surface area contributed by atoms with Gasteiger partial charge < -0.3 is 13.7 Å². The molecule has 4 heteroatoms. The van der Waals surface area contributed by atoms with Gasteiger partial charge in [-0.3, -0.25) is 0 Å². The minimum Gasteiger partial charge on any atom is -0.456 e. The molecule has 250 valence electrons. The highest BCUT2D eigenvalue weighted by molar-refractivity contribution is 6.15. The van der Waals surface area contributed by atoms with Crippen LogP contribution in [0.15, 0.2) is 203 Å². The molecule has 0 aliphatic rings. The van der Waals surface area contributed by atoms with Gasteiger partial charge in [0.2, 0.25) is 5.89 Å². The Kier molecular flexibility index (Phi) is 7.43. The summed E-state index contributed by atoms with van der Waals surface area (Å²) in [5.74, 6) is 0.590. The van der Waals surface area contributed by atoms with Crippen molar-refractivity contribution in [3.63, 3.8) is 0 Å². The fourth-order valence-corrected chi connectivity index (χ4v) is 7.27. The van der Waals surface area contributed by atoms with Crippen molar-refractivity contribution in [1.29, 1.82) is 0 Å². The van der Waals surface area contributed by atoms with Crippen molar-refractivity contribution in [1.82, 2.24) is 4.98 Å². The number of benzene rings is 8. The lowest BCUT2D eigenvalue weighted by Crippen LogP contribution is -2.10. The van der Waals surface area contributed by atoms with Gasteiger partial charge in [-0.05, 0) is 88.0 Å². The quantitative estimate of drug-likeness (QED) is 0.168. The Balaban J connectivity index is 1.09. The summed E-state index contributed by atoms with van der Waals surface area (Å²) in [5.41, 5.74) is 14.2. The Hall–Kier alpha value is -7.17. The number of fused-ring (bicyclic) bond motifs is 4. The summed E-state index contributed by atoms with van der Waals surface area (Å²) >= 11 is 0. The van der Waals surface area contributed by atoms with Crippen LogP contribution in [0.4, 0.5) is 17.1 Å². The molecule has 0 saturated heterocycles. The first-order chi connectivity index (χ1) is 26.2. The van der Waals surface area contributed by atoms with E-state index in [1.807, 2.05) is 54.6 Å². The molecule has 4 nitrogen and oxygen atoms in total. The second kappa shape index (κ2) is 12.9. The lowest BCUT2D eigenvalue weighted by atomic mass is 10.00. The molecule has 8 aromatic carbocycles. The van der Waals surface area contributed by atoms with Gasteiger partial charge in [-0.25, -0.2) is 4.98 Å². The van der Waals surface area contributed by atoms with Crippen molar-refractivity contribution in [2.24, 2.45) is 0 Å². The molecule has 0 aliphatic carbocycles. The summed E-state index contributed by atoms with van der Waals surface area (Å²) in [4.78, 5) is 7.12. The maximum atomic E-state index is 6.53. The highest BCUT2D eigenvalue weighted by atomic mass is 16.4. The largest absolute Gasteiger partial charge is 0.456 e. The van der Waals surface area contributed by atoms with E-state index in [4.69, 9.17) is 13.8 Å². The average Bonchev–Trinajstić information content (AvgIpc) is 3.82. The molecule has 0 N–H and O–H groups in total. The number of furan rings is 1. The monoisotopic (exact) mass is 680 g/mol. The van der Waals surface area contributed by atoms with E-state index in [9.17, 15) is 0 Å². The number of hydrogen-bond acceptors (Lipinski definition) is 4. The number of rotatable bonds is 7. The molecule has 0 spiro atoms.